The molecule has 1 aliphatic carbocycles. The molecule has 19 heavy (non-hydrogen) atoms. The Morgan fingerprint density at radius 2 is 2.00 bits per heavy atom. The van der Waals surface area contributed by atoms with Gasteiger partial charge in [0.05, 0.1) is 4.90 Å². The maximum atomic E-state index is 11.1. The summed E-state index contributed by atoms with van der Waals surface area (Å²) in [6, 6.07) is 2.59. The zero-order chi connectivity index (χ0) is 14.6. The number of nitrogens with two attached hydrogens (primary N) is 1. The van der Waals surface area contributed by atoms with Crippen molar-refractivity contribution in [2.45, 2.75) is 17.7 Å². The first-order valence-electron chi connectivity index (χ1n) is 5.41. The van der Waals surface area contributed by atoms with Gasteiger partial charge in [-0.25, -0.2) is 18.2 Å². The summed E-state index contributed by atoms with van der Waals surface area (Å²) in [6.45, 7) is 0. The molecule has 3 N–H and O–H groups in total. The second kappa shape index (κ2) is 5.79. The second-order valence-electron chi connectivity index (χ2n) is 4.10. The van der Waals surface area contributed by atoms with Gasteiger partial charge in [-0.15, -0.1) is 0 Å². The molecule has 0 bridgehead atoms. The van der Waals surface area contributed by atoms with Crippen LogP contribution in [-0.2, 0) is 14.6 Å². The molecule has 1 aliphatic rings. The van der Waals surface area contributed by atoms with Gasteiger partial charge < -0.3 is 10.8 Å². The number of carbonyl (C=O) groups excluding carboxylic acids is 1. The highest BCUT2D eigenvalue weighted by Crippen LogP contribution is 2.27. The van der Waals surface area contributed by atoms with Gasteiger partial charge in [0.15, 0.2) is 15.5 Å². The van der Waals surface area contributed by atoms with Gasteiger partial charge in [-0.2, -0.15) is 0 Å². The molecule has 104 valence electrons. The SMILES string of the molecule is CS(=O)(=O)c1cccnc1C(=O)O.NC(=O)C1CC1. The Labute approximate surface area is 110 Å². The van der Waals surface area contributed by atoms with Crippen molar-refractivity contribution in [3.05, 3.63) is 24.0 Å². The van der Waals surface area contributed by atoms with Crippen molar-refractivity contribution >= 4 is 21.7 Å². The van der Waals surface area contributed by atoms with Crippen molar-refractivity contribution in [1.29, 1.82) is 0 Å². The summed E-state index contributed by atoms with van der Waals surface area (Å²) in [7, 11) is -3.52. The highest BCUT2D eigenvalue weighted by molar-refractivity contribution is 7.90. The lowest BCUT2D eigenvalue weighted by Crippen LogP contribution is -2.11. The highest BCUT2D eigenvalue weighted by atomic mass is 32.2. The summed E-state index contributed by atoms with van der Waals surface area (Å²) in [5.74, 6) is -1.24. The van der Waals surface area contributed by atoms with Gasteiger partial charge in [0.2, 0.25) is 5.91 Å². The van der Waals surface area contributed by atoms with E-state index >= 15 is 0 Å². The molecule has 7 nitrogen and oxygen atoms in total. The maximum absolute atomic E-state index is 11.1. The van der Waals surface area contributed by atoms with Crippen LogP contribution in [0.1, 0.15) is 23.3 Å². The summed E-state index contributed by atoms with van der Waals surface area (Å²) in [5.41, 5.74) is 4.42. The Kier molecular flexibility index (Phi) is 4.60. The number of carboxylic acids is 1. The highest BCUT2D eigenvalue weighted by Gasteiger charge is 2.26. The fraction of sp³-hybridized carbons (Fsp3) is 0.364. The minimum absolute atomic E-state index is 0.130. The van der Waals surface area contributed by atoms with E-state index in [1.165, 1.54) is 18.3 Å². The maximum Gasteiger partial charge on any atom is 0.355 e. The first-order valence-corrected chi connectivity index (χ1v) is 7.30. The van der Waals surface area contributed by atoms with Crippen LogP contribution >= 0.6 is 0 Å². The van der Waals surface area contributed by atoms with Crippen LogP contribution < -0.4 is 5.73 Å². The monoisotopic (exact) mass is 286 g/mol. The van der Waals surface area contributed by atoms with Gasteiger partial charge in [-0.1, -0.05) is 0 Å². The number of rotatable bonds is 3. The lowest BCUT2D eigenvalue weighted by molar-refractivity contribution is -0.119. The van der Waals surface area contributed by atoms with E-state index in [4.69, 9.17) is 10.8 Å². The normalized spacial score (nSPS) is 14.2. The number of primary amides is 1. The smallest absolute Gasteiger partial charge is 0.355 e. The van der Waals surface area contributed by atoms with Gasteiger partial charge in [-0.05, 0) is 25.0 Å². The van der Waals surface area contributed by atoms with E-state index in [2.05, 4.69) is 4.98 Å². The van der Waals surface area contributed by atoms with E-state index in [0.717, 1.165) is 19.1 Å². The number of pyridine rings is 1. The third-order valence-electron chi connectivity index (χ3n) is 2.35. The van der Waals surface area contributed by atoms with Gasteiger partial charge in [0.25, 0.3) is 0 Å². The number of aromatic nitrogens is 1. The Morgan fingerprint density at radius 1 is 1.42 bits per heavy atom. The van der Waals surface area contributed by atoms with E-state index < -0.39 is 21.5 Å². The van der Waals surface area contributed by atoms with Crippen LogP contribution in [0.2, 0.25) is 0 Å². The molecule has 2 rings (SSSR count). The molecule has 0 radical (unpaired) electrons. The minimum Gasteiger partial charge on any atom is -0.476 e. The lowest BCUT2D eigenvalue weighted by Gasteiger charge is -2.00. The number of nitrogens with zero attached hydrogens (tertiary/aromatic N) is 1. The predicted molar refractivity (Wildman–Crippen MR) is 66.2 cm³/mol. The molecule has 0 unspecified atom stereocenters. The molecule has 0 saturated heterocycles. The predicted octanol–water partition coefficient (Wildman–Crippen LogP) is 0.0650. The van der Waals surface area contributed by atoms with Gasteiger partial charge in [-0.3, -0.25) is 4.79 Å². The van der Waals surface area contributed by atoms with Gasteiger partial charge in [0.1, 0.15) is 0 Å². The third-order valence-corrected chi connectivity index (χ3v) is 3.48. The number of aromatic carboxylic acids is 1. The first kappa shape index (κ1) is 15.1. The zero-order valence-corrected chi connectivity index (χ0v) is 11.1. The molecule has 1 fully saturated rings. The van der Waals surface area contributed by atoms with Crippen LogP contribution in [0.4, 0.5) is 0 Å². The van der Waals surface area contributed by atoms with E-state index in [1.54, 1.807) is 0 Å². The molecular weight excluding hydrogens is 272 g/mol. The van der Waals surface area contributed by atoms with Gasteiger partial charge in [0, 0.05) is 18.4 Å². The Morgan fingerprint density at radius 3 is 2.26 bits per heavy atom. The Balaban J connectivity index is 0.000000250. The van der Waals surface area contributed by atoms with Crippen LogP contribution in [0.3, 0.4) is 0 Å². The Bertz CT molecular complexity index is 593. The number of carboxylic acid groups (broad SMARTS) is 1. The largest absolute Gasteiger partial charge is 0.476 e. The van der Waals surface area contributed by atoms with Crippen LogP contribution in [0, 0.1) is 5.92 Å². The molecule has 1 aromatic rings. The fourth-order valence-corrected chi connectivity index (χ4v) is 2.04. The minimum atomic E-state index is -3.52. The average molecular weight is 286 g/mol. The molecule has 0 atom stereocenters. The summed E-state index contributed by atoms with van der Waals surface area (Å²) < 4.78 is 22.1. The lowest BCUT2D eigenvalue weighted by atomic mass is 10.3. The van der Waals surface area contributed by atoms with E-state index in [1.807, 2.05) is 0 Å². The number of amides is 1. The third kappa shape index (κ3) is 4.66. The van der Waals surface area contributed by atoms with Crippen molar-refractivity contribution in [3.63, 3.8) is 0 Å². The van der Waals surface area contributed by atoms with Crippen molar-refractivity contribution in [2.24, 2.45) is 11.7 Å². The fourth-order valence-electron chi connectivity index (χ4n) is 1.22. The summed E-state index contributed by atoms with van der Waals surface area (Å²) in [6.07, 6.45) is 4.22. The summed E-state index contributed by atoms with van der Waals surface area (Å²) >= 11 is 0. The molecule has 0 aromatic carbocycles. The van der Waals surface area contributed by atoms with Crippen LogP contribution in [0.15, 0.2) is 23.2 Å². The Hall–Kier alpha value is -1.96. The molecule has 0 spiro atoms. The average Bonchev–Trinajstić information content (AvgIpc) is 3.12. The summed E-state index contributed by atoms with van der Waals surface area (Å²) in [4.78, 5) is 23.7. The van der Waals surface area contributed by atoms with Crippen LogP contribution in [-0.4, -0.2) is 36.6 Å². The van der Waals surface area contributed by atoms with Crippen molar-refractivity contribution in [3.8, 4) is 0 Å². The molecule has 8 heteroatoms. The quantitative estimate of drug-likeness (QED) is 0.809. The summed E-state index contributed by atoms with van der Waals surface area (Å²) in [5, 5.41) is 8.60. The number of sulfone groups is 1. The zero-order valence-electron chi connectivity index (χ0n) is 10.2. The molecule has 1 aromatic heterocycles. The van der Waals surface area contributed by atoms with Gasteiger partial charge >= 0.3 is 5.97 Å². The van der Waals surface area contributed by atoms with Crippen LogP contribution in [0.25, 0.3) is 0 Å². The van der Waals surface area contributed by atoms with E-state index in [0.29, 0.717) is 0 Å². The molecular formula is C11H14N2O5S. The topological polar surface area (TPSA) is 127 Å². The van der Waals surface area contributed by atoms with E-state index in [9.17, 15) is 18.0 Å². The standard InChI is InChI=1S/C7H7NO4S.C4H7NO/c1-13(11,12)5-3-2-4-8-6(5)7(9)10;5-4(6)3-1-2-3/h2-4H,1H3,(H,9,10);3H,1-2H2,(H2,5,6). The first-order chi connectivity index (χ1) is 8.73. The molecule has 1 amide bonds. The van der Waals surface area contributed by atoms with Crippen molar-refractivity contribution in [2.75, 3.05) is 6.26 Å². The molecule has 1 saturated carbocycles. The number of hydrogen-bond donors (Lipinski definition) is 2. The van der Waals surface area contributed by atoms with Crippen molar-refractivity contribution < 1.29 is 23.1 Å². The molecule has 1 heterocycles. The number of carbonyl (C=O) groups is 2. The molecule has 0 aliphatic heterocycles. The van der Waals surface area contributed by atoms with E-state index in [-0.39, 0.29) is 16.7 Å². The second-order valence-corrected chi connectivity index (χ2v) is 6.09. The number of hydrogen-bond acceptors (Lipinski definition) is 5. The van der Waals surface area contributed by atoms with Crippen molar-refractivity contribution in [1.82, 2.24) is 4.98 Å². The van der Waals surface area contributed by atoms with Crippen LogP contribution in [0.5, 0.6) is 0 Å².